The SMILES string of the molecule is C=C(Cl)COc1ccc2c(CCCC)cc(=O)oc2c1. The van der Waals surface area contributed by atoms with Gasteiger partial charge in [-0.25, -0.2) is 4.79 Å². The Morgan fingerprint density at radius 1 is 1.40 bits per heavy atom. The van der Waals surface area contributed by atoms with Crippen molar-refractivity contribution in [1.82, 2.24) is 0 Å². The van der Waals surface area contributed by atoms with Crippen molar-refractivity contribution in [2.45, 2.75) is 26.2 Å². The maximum Gasteiger partial charge on any atom is 0.336 e. The quantitative estimate of drug-likeness (QED) is 0.747. The Balaban J connectivity index is 2.37. The van der Waals surface area contributed by atoms with Gasteiger partial charge in [-0.05, 0) is 30.5 Å². The van der Waals surface area contributed by atoms with Crippen LogP contribution in [0.15, 0.2) is 45.1 Å². The molecule has 0 bridgehead atoms. The van der Waals surface area contributed by atoms with Gasteiger partial charge in [-0.1, -0.05) is 31.5 Å². The monoisotopic (exact) mass is 292 g/mol. The van der Waals surface area contributed by atoms with Gasteiger partial charge in [0.1, 0.15) is 17.9 Å². The minimum absolute atomic E-state index is 0.229. The van der Waals surface area contributed by atoms with Crippen LogP contribution in [0.25, 0.3) is 11.0 Å². The summed E-state index contributed by atoms with van der Waals surface area (Å²) in [4.78, 5) is 11.6. The van der Waals surface area contributed by atoms with E-state index in [-0.39, 0.29) is 12.2 Å². The van der Waals surface area contributed by atoms with Gasteiger partial charge < -0.3 is 9.15 Å². The molecule has 0 aliphatic heterocycles. The molecule has 0 unspecified atom stereocenters. The van der Waals surface area contributed by atoms with Crippen molar-refractivity contribution in [3.8, 4) is 5.75 Å². The number of halogens is 1. The number of hydrogen-bond acceptors (Lipinski definition) is 3. The molecule has 0 amide bonds. The van der Waals surface area contributed by atoms with E-state index < -0.39 is 0 Å². The Kier molecular flexibility index (Phi) is 4.85. The molecule has 20 heavy (non-hydrogen) atoms. The van der Waals surface area contributed by atoms with Gasteiger partial charge in [-0.15, -0.1) is 0 Å². The fraction of sp³-hybridized carbons (Fsp3) is 0.312. The molecule has 1 heterocycles. The normalized spacial score (nSPS) is 10.7. The van der Waals surface area contributed by atoms with E-state index >= 15 is 0 Å². The molecule has 3 nitrogen and oxygen atoms in total. The Morgan fingerprint density at radius 3 is 2.90 bits per heavy atom. The van der Waals surface area contributed by atoms with E-state index in [1.165, 1.54) is 0 Å². The number of fused-ring (bicyclic) bond motifs is 1. The van der Waals surface area contributed by atoms with Crippen molar-refractivity contribution >= 4 is 22.6 Å². The molecule has 0 saturated heterocycles. The van der Waals surface area contributed by atoms with Gasteiger partial charge in [0.2, 0.25) is 0 Å². The van der Waals surface area contributed by atoms with E-state index in [4.69, 9.17) is 20.8 Å². The molecule has 2 rings (SSSR count). The maximum absolute atomic E-state index is 11.6. The lowest BCUT2D eigenvalue weighted by Gasteiger charge is -2.08. The van der Waals surface area contributed by atoms with E-state index in [9.17, 15) is 4.79 Å². The van der Waals surface area contributed by atoms with Gasteiger partial charge in [0.05, 0.1) is 0 Å². The Morgan fingerprint density at radius 2 is 2.20 bits per heavy atom. The average molecular weight is 293 g/mol. The molecule has 4 heteroatoms. The highest BCUT2D eigenvalue weighted by molar-refractivity contribution is 6.29. The molecule has 0 fully saturated rings. The lowest BCUT2D eigenvalue weighted by molar-refractivity contribution is 0.359. The van der Waals surface area contributed by atoms with Crippen molar-refractivity contribution in [1.29, 1.82) is 0 Å². The zero-order valence-corrected chi connectivity index (χ0v) is 12.2. The van der Waals surface area contributed by atoms with Gasteiger partial charge >= 0.3 is 5.63 Å². The highest BCUT2D eigenvalue weighted by atomic mass is 35.5. The van der Waals surface area contributed by atoms with Gasteiger partial charge in [-0.3, -0.25) is 0 Å². The van der Waals surface area contributed by atoms with Crippen LogP contribution in [0, 0.1) is 0 Å². The van der Waals surface area contributed by atoms with E-state index in [0.29, 0.717) is 16.4 Å². The zero-order chi connectivity index (χ0) is 14.5. The van der Waals surface area contributed by atoms with Crippen LogP contribution in [-0.4, -0.2) is 6.61 Å². The summed E-state index contributed by atoms with van der Waals surface area (Å²) in [5.74, 6) is 0.607. The first-order valence-electron chi connectivity index (χ1n) is 6.63. The Hall–Kier alpha value is -1.74. The number of rotatable bonds is 6. The summed E-state index contributed by atoms with van der Waals surface area (Å²) in [5, 5.41) is 1.37. The molecule has 2 aromatic rings. The van der Waals surface area contributed by atoms with Crippen LogP contribution in [0.1, 0.15) is 25.3 Å². The van der Waals surface area contributed by atoms with E-state index in [0.717, 1.165) is 30.2 Å². The summed E-state index contributed by atoms with van der Waals surface area (Å²) in [5.41, 5.74) is 1.23. The second-order valence-electron chi connectivity index (χ2n) is 4.66. The third-order valence-corrected chi connectivity index (χ3v) is 3.11. The Labute approximate surface area is 122 Å². The van der Waals surface area contributed by atoms with Crippen LogP contribution in [0.3, 0.4) is 0 Å². The fourth-order valence-electron chi connectivity index (χ4n) is 2.04. The van der Waals surface area contributed by atoms with E-state index in [1.807, 2.05) is 12.1 Å². The summed E-state index contributed by atoms with van der Waals surface area (Å²) >= 11 is 5.66. The van der Waals surface area contributed by atoms with Crippen molar-refractivity contribution in [2.75, 3.05) is 6.61 Å². The molecule has 0 atom stereocenters. The number of hydrogen-bond donors (Lipinski definition) is 0. The lowest BCUT2D eigenvalue weighted by atomic mass is 10.0. The van der Waals surface area contributed by atoms with Crippen molar-refractivity contribution in [3.63, 3.8) is 0 Å². The van der Waals surface area contributed by atoms with Crippen molar-refractivity contribution in [2.24, 2.45) is 0 Å². The molecule has 106 valence electrons. The predicted molar refractivity (Wildman–Crippen MR) is 81.6 cm³/mol. The maximum atomic E-state index is 11.6. The van der Waals surface area contributed by atoms with E-state index in [2.05, 4.69) is 13.5 Å². The third kappa shape index (κ3) is 3.64. The first-order chi connectivity index (χ1) is 9.60. The Bertz CT molecular complexity index is 673. The molecule has 0 N–H and O–H groups in total. The molecule has 0 spiro atoms. The highest BCUT2D eigenvalue weighted by Gasteiger charge is 2.07. The standard InChI is InChI=1S/C16H17ClO3/c1-3-4-5-12-8-16(18)20-15-9-13(6-7-14(12)15)19-10-11(2)17/h6-9H,2-5,10H2,1H3. The zero-order valence-electron chi connectivity index (χ0n) is 11.4. The van der Waals surface area contributed by atoms with Crippen molar-refractivity contribution in [3.05, 3.63) is 51.9 Å². The number of unbranched alkanes of at least 4 members (excludes halogenated alkanes) is 1. The van der Waals surface area contributed by atoms with Gasteiger partial charge in [0.25, 0.3) is 0 Å². The molecule has 1 aromatic heterocycles. The van der Waals surface area contributed by atoms with Crippen LogP contribution in [-0.2, 0) is 6.42 Å². The summed E-state index contributed by atoms with van der Waals surface area (Å²) in [7, 11) is 0. The van der Waals surface area contributed by atoms with E-state index in [1.54, 1.807) is 12.1 Å². The number of aryl methyl sites for hydroxylation is 1. The molecule has 1 aromatic carbocycles. The first kappa shape index (κ1) is 14.7. The van der Waals surface area contributed by atoms with Crippen LogP contribution in [0.4, 0.5) is 0 Å². The predicted octanol–water partition coefficient (Wildman–Crippen LogP) is 4.27. The second-order valence-corrected chi connectivity index (χ2v) is 5.19. The number of ether oxygens (including phenoxy) is 1. The first-order valence-corrected chi connectivity index (χ1v) is 7.01. The summed E-state index contributed by atoms with van der Waals surface area (Å²) < 4.78 is 10.7. The minimum atomic E-state index is -0.331. The molecular formula is C16H17ClO3. The largest absolute Gasteiger partial charge is 0.488 e. The van der Waals surface area contributed by atoms with Crippen LogP contribution >= 0.6 is 11.6 Å². The van der Waals surface area contributed by atoms with Crippen molar-refractivity contribution < 1.29 is 9.15 Å². The topological polar surface area (TPSA) is 39.4 Å². The smallest absolute Gasteiger partial charge is 0.336 e. The fourth-order valence-corrected chi connectivity index (χ4v) is 2.09. The molecule has 0 radical (unpaired) electrons. The molecule has 0 aliphatic rings. The highest BCUT2D eigenvalue weighted by Crippen LogP contribution is 2.24. The summed E-state index contributed by atoms with van der Waals surface area (Å²) in [6.07, 6.45) is 3.00. The summed E-state index contributed by atoms with van der Waals surface area (Å²) in [6, 6.07) is 7.04. The molecule has 0 saturated carbocycles. The van der Waals surface area contributed by atoms with Crippen LogP contribution in [0.5, 0.6) is 5.75 Å². The third-order valence-electron chi connectivity index (χ3n) is 3.00. The van der Waals surface area contributed by atoms with Crippen LogP contribution < -0.4 is 10.4 Å². The minimum Gasteiger partial charge on any atom is -0.488 e. The van der Waals surface area contributed by atoms with Gasteiger partial charge in [-0.2, -0.15) is 0 Å². The van der Waals surface area contributed by atoms with Gasteiger partial charge in [0.15, 0.2) is 0 Å². The lowest BCUT2D eigenvalue weighted by Crippen LogP contribution is -2.02. The summed E-state index contributed by atoms with van der Waals surface area (Å²) in [6.45, 7) is 5.91. The van der Waals surface area contributed by atoms with Gasteiger partial charge in [0, 0.05) is 22.6 Å². The molecular weight excluding hydrogens is 276 g/mol. The second kappa shape index (κ2) is 6.62. The number of benzene rings is 1. The van der Waals surface area contributed by atoms with Crippen LogP contribution in [0.2, 0.25) is 0 Å². The molecule has 0 aliphatic carbocycles. The average Bonchev–Trinajstić information content (AvgIpc) is 2.41.